The van der Waals surface area contributed by atoms with E-state index in [1.807, 2.05) is 43.9 Å². The molecule has 1 aliphatic rings. The van der Waals surface area contributed by atoms with E-state index in [9.17, 15) is 4.79 Å². The molecule has 0 radical (unpaired) electrons. The molecule has 5 heteroatoms. The van der Waals surface area contributed by atoms with Gasteiger partial charge in [0.2, 0.25) is 0 Å². The first kappa shape index (κ1) is 17.6. The van der Waals surface area contributed by atoms with Gasteiger partial charge in [-0.15, -0.1) is 0 Å². The van der Waals surface area contributed by atoms with Crippen molar-refractivity contribution in [1.82, 2.24) is 14.9 Å². The Labute approximate surface area is 149 Å². The van der Waals surface area contributed by atoms with Crippen LogP contribution in [-0.2, 0) is 11.2 Å². The Hall–Kier alpha value is -2.17. The molecule has 1 aromatic carbocycles. The lowest BCUT2D eigenvalue weighted by atomic mass is 9.91. The molecule has 0 atom stereocenters. The summed E-state index contributed by atoms with van der Waals surface area (Å²) >= 11 is 0. The van der Waals surface area contributed by atoms with Gasteiger partial charge in [-0.2, -0.15) is 0 Å². The van der Waals surface area contributed by atoms with Crippen molar-refractivity contribution in [2.75, 3.05) is 13.1 Å². The molecule has 2 aromatic rings. The molecular weight excluding hydrogens is 314 g/mol. The molecule has 1 saturated heterocycles. The largest absolute Gasteiger partial charge is 0.444 e. The van der Waals surface area contributed by atoms with E-state index in [-0.39, 0.29) is 6.09 Å². The summed E-state index contributed by atoms with van der Waals surface area (Å²) in [6, 6.07) is 8.16. The number of nitrogens with zero attached hydrogens (tertiary/aromatic N) is 3. The van der Waals surface area contributed by atoms with E-state index in [4.69, 9.17) is 4.74 Å². The van der Waals surface area contributed by atoms with Crippen LogP contribution in [0.2, 0.25) is 0 Å². The summed E-state index contributed by atoms with van der Waals surface area (Å²) in [6.45, 7) is 7.28. The summed E-state index contributed by atoms with van der Waals surface area (Å²) in [6.07, 6.45) is 5.59. The lowest BCUT2D eigenvalue weighted by Gasteiger charge is -2.33. The number of ether oxygens (including phenoxy) is 1. The Morgan fingerprint density at radius 1 is 1.20 bits per heavy atom. The zero-order chi connectivity index (χ0) is 17.9. The van der Waals surface area contributed by atoms with Crippen molar-refractivity contribution in [3.05, 3.63) is 36.3 Å². The minimum atomic E-state index is -0.429. The van der Waals surface area contributed by atoms with Gasteiger partial charge in [-0.05, 0) is 58.4 Å². The van der Waals surface area contributed by atoms with Crippen LogP contribution in [0.5, 0.6) is 0 Å². The number of amides is 1. The number of fused-ring (bicyclic) bond motifs is 1. The van der Waals surface area contributed by atoms with Crippen LogP contribution in [0, 0.1) is 5.92 Å². The summed E-state index contributed by atoms with van der Waals surface area (Å²) in [5.74, 6) is 0.632. The molecule has 0 aliphatic carbocycles. The number of hydrogen-bond donors (Lipinski definition) is 0. The Balaban J connectivity index is 1.52. The molecule has 1 amide bonds. The van der Waals surface area contributed by atoms with Gasteiger partial charge in [-0.3, -0.25) is 0 Å². The Bertz CT molecular complexity index is 726. The Morgan fingerprint density at radius 3 is 2.64 bits per heavy atom. The molecule has 5 nitrogen and oxygen atoms in total. The quantitative estimate of drug-likeness (QED) is 0.839. The van der Waals surface area contributed by atoms with E-state index >= 15 is 0 Å². The number of para-hydroxylation sites is 1. The first-order valence-electron chi connectivity index (χ1n) is 9.09. The second-order valence-corrected chi connectivity index (χ2v) is 7.79. The van der Waals surface area contributed by atoms with Crippen LogP contribution in [0.15, 0.2) is 30.6 Å². The van der Waals surface area contributed by atoms with Crippen LogP contribution in [0.4, 0.5) is 4.79 Å². The fraction of sp³-hybridized carbons (Fsp3) is 0.550. The zero-order valence-corrected chi connectivity index (χ0v) is 15.4. The smallest absolute Gasteiger partial charge is 0.410 e. The summed E-state index contributed by atoms with van der Waals surface area (Å²) < 4.78 is 5.46. The van der Waals surface area contributed by atoms with Crippen LogP contribution in [0.3, 0.4) is 0 Å². The number of piperidine rings is 1. The predicted molar refractivity (Wildman–Crippen MR) is 98.4 cm³/mol. The van der Waals surface area contributed by atoms with Crippen molar-refractivity contribution in [1.29, 1.82) is 0 Å². The van der Waals surface area contributed by atoms with E-state index in [1.54, 1.807) is 6.33 Å². The number of benzene rings is 1. The summed E-state index contributed by atoms with van der Waals surface area (Å²) in [7, 11) is 0. The molecule has 3 rings (SSSR count). The molecule has 0 unspecified atom stereocenters. The normalized spacial score (nSPS) is 16.2. The molecule has 0 N–H and O–H groups in total. The van der Waals surface area contributed by atoms with E-state index in [0.717, 1.165) is 55.4 Å². The third-order valence-corrected chi connectivity index (χ3v) is 4.68. The Kier molecular flexibility index (Phi) is 5.21. The van der Waals surface area contributed by atoms with Crippen molar-refractivity contribution in [2.45, 2.75) is 52.1 Å². The highest BCUT2D eigenvalue weighted by Crippen LogP contribution is 2.25. The van der Waals surface area contributed by atoms with E-state index in [0.29, 0.717) is 5.92 Å². The molecule has 1 aromatic heterocycles. The van der Waals surface area contributed by atoms with Crippen LogP contribution < -0.4 is 0 Å². The number of hydrogen-bond acceptors (Lipinski definition) is 4. The van der Waals surface area contributed by atoms with Gasteiger partial charge in [0.05, 0.1) is 11.2 Å². The van der Waals surface area contributed by atoms with Gasteiger partial charge in [0.1, 0.15) is 11.9 Å². The van der Waals surface area contributed by atoms with Crippen LogP contribution in [0.25, 0.3) is 10.9 Å². The van der Waals surface area contributed by atoms with Crippen LogP contribution in [0.1, 0.15) is 45.7 Å². The zero-order valence-electron chi connectivity index (χ0n) is 15.4. The lowest BCUT2D eigenvalue weighted by Crippen LogP contribution is -2.41. The second-order valence-electron chi connectivity index (χ2n) is 7.79. The average molecular weight is 341 g/mol. The molecule has 0 saturated carbocycles. The van der Waals surface area contributed by atoms with Gasteiger partial charge in [-0.1, -0.05) is 18.2 Å². The molecule has 1 aliphatic heterocycles. The van der Waals surface area contributed by atoms with Crippen LogP contribution in [-0.4, -0.2) is 39.7 Å². The molecule has 2 heterocycles. The van der Waals surface area contributed by atoms with Gasteiger partial charge in [0, 0.05) is 18.5 Å². The maximum atomic E-state index is 12.1. The summed E-state index contributed by atoms with van der Waals surface area (Å²) in [5.41, 5.74) is 1.70. The van der Waals surface area contributed by atoms with Crippen molar-refractivity contribution in [3.8, 4) is 0 Å². The van der Waals surface area contributed by atoms with Crippen LogP contribution >= 0.6 is 0 Å². The standard InChI is InChI=1S/C20H27N3O2/c1-20(2,3)25-19(24)23-12-10-15(11-13-23)8-9-18-16-6-4-5-7-17(16)21-14-22-18/h4-7,14-15H,8-13H2,1-3H3. The van der Waals surface area contributed by atoms with Gasteiger partial charge in [-0.25, -0.2) is 14.8 Å². The fourth-order valence-electron chi connectivity index (χ4n) is 3.33. The van der Waals surface area contributed by atoms with E-state index in [1.165, 1.54) is 0 Å². The highest BCUT2D eigenvalue weighted by atomic mass is 16.6. The van der Waals surface area contributed by atoms with Crippen molar-refractivity contribution in [3.63, 3.8) is 0 Å². The minimum absolute atomic E-state index is 0.187. The van der Waals surface area contributed by atoms with Gasteiger partial charge in [0.25, 0.3) is 0 Å². The lowest BCUT2D eigenvalue weighted by molar-refractivity contribution is 0.0181. The highest BCUT2D eigenvalue weighted by molar-refractivity contribution is 5.80. The third kappa shape index (κ3) is 4.68. The first-order valence-corrected chi connectivity index (χ1v) is 9.09. The van der Waals surface area contributed by atoms with E-state index in [2.05, 4.69) is 16.0 Å². The number of rotatable bonds is 3. The monoisotopic (exact) mass is 341 g/mol. The highest BCUT2D eigenvalue weighted by Gasteiger charge is 2.26. The minimum Gasteiger partial charge on any atom is -0.444 e. The molecule has 0 bridgehead atoms. The Morgan fingerprint density at radius 2 is 1.92 bits per heavy atom. The number of carbonyl (C=O) groups excluding carboxylic acids is 1. The number of likely N-dealkylation sites (tertiary alicyclic amines) is 1. The summed E-state index contributed by atoms with van der Waals surface area (Å²) in [4.78, 5) is 22.8. The van der Waals surface area contributed by atoms with E-state index < -0.39 is 5.60 Å². The number of aryl methyl sites for hydroxylation is 1. The molecule has 25 heavy (non-hydrogen) atoms. The summed E-state index contributed by atoms with van der Waals surface area (Å²) in [5, 5.41) is 1.15. The molecule has 134 valence electrons. The number of aromatic nitrogens is 2. The average Bonchev–Trinajstić information content (AvgIpc) is 2.59. The van der Waals surface area contributed by atoms with Crippen molar-refractivity contribution in [2.24, 2.45) is 5.92 Å². The topological polar surface area (TPSA) is 55.3 Å². The van der Waals surface area contributed by atoms with Gasteiger partial charge < -0.3 is 9.64 Å². The molecule has 1 fully saturated rings. The maximum Gasteiger partial charge on any atom is 0.410 e. The fourth-order valence-corrected chi connectivity index (χ4v) is 3.33. The van der Waals surface area contributed by atoms with Crippen molar-refractivity contribution < 1.29 is 9.53 Å². The molecular formula is C20H27N3O2. The maximum absolute atomic E-state index is 12.1. The molecule has 0 spiro atoms. The first-order chi connectivity index (χ1) is 11.9. The van der Waals surface area contributed by atoms with Gasteiger partial charge >= 0.3 is 6.09 Å². The third-order valence-electron chi connectivity index (χ3n) is 4.68. The van der Waals surface area contributed by atoms with Crippen molar-refractivity contribution >= 4 is 17.0 Å². The second kappa shape index (κ2) is 7.38. The number of carbonyl (C=O) groups is 1. The van der Waals surface area contributed by atoms with Gasteiger partial charge in [0.15, 0.2) is 0 Å². The predicted octanol–water partition coefficient (Wildman–Crippen LogP) is 4.21. The SMILES string of the molecule is CC(C)(C)OC(=O)N1CCC(CCc2ncnc3ccccc23)CC1.